The summed E-state index contributed by atoms with van der Waals surface area (Å²) in [5, 5.41) is 0. The molecule has 10 heteroatoms. The number of hydrogen-bond donors (Lipinski definition) is 0. The first-order chi connectivity index (χ1) is 17.3. The molecule has 0 N–H and O–H groups in total. The molecule has 37 heavy (non-hydrogen) atoms. The normalized spacial score (nSPS) is 23.0. The molecule has 2 atom stereocenters. The zero-order valence-electron chi connectivity index (χ0n) is 22.9. The van der Waals surface area contributed by atoms with Crippen molar-refractivity contribution in [2.24, 2.45) is 29.6 Å². The predicted octanol–water partition coefficient (Wildman–Crippen LogP) is 1.30. The molecule has 0 aromatic heterocycles. The van der Waals surface area contributed by atoms with E-state index in [0.29, 0.717) is 25.2 Å². The summed E-state index contributed by atoms with van der Waals surface area (Å²) in [6.45, 7) is 12.8. The van der Waals surface area contributed by atoms with Crippen LogP contribution in [0.25, 0.3) is 0 Å². The largest absolute Gasteiger partial charge is 0.298 e. The predicted molar refractivity (Wildman–Crippen MR) is 135 cm³/mol. The Morgan fingerprint density at radius 2 is 1.11 bits per heavy atom. The van der Waals surface area contributed by atoms with Gasteiger partial charge < -0.3 is 0 Å². The first-order valence-corrected chi connectivity index (χ1v) is 13.3. The standard InChI is InChI=1S/C27H40N4O6/c1-16(2)19-13-22(32)29(25(19)35)10-7-28(8-11-30-23(33)14-20(17(3)4)26(30)36)9-12-31-24(34)15-21(18(5)6)27(31)37/h13,16-18,20-21H,7-12,14-15H2,1-6H3. The van der Waals surface area contributed by atoms with Crippen molar-refractivity contribution in [3.8, 4) is 0 Å². The van der Waals surface area contributed by atoms with Crippen molar-refractivity contribution in [1.82, 2.24) is 19.6 Å². The molecule has 0 aromatic carbocycles. The number of likely N-dealkylation sites (tertiary alicyclic amines) is 2. The highest BCUT2D eigenvalue weighted by Gasteiger charge is 2.41. The molecule has 0 aromatic rings. The Morgan fingerprint density at radius 1 is 0.703 bits per heavy atom. The van der Waals surface area contributed by atoms with Gasteiger partial charge in [0.05, 0.1) is 0 Å². The fourth-order valence-corrected chi connectivity index (χ4v) is 5.14. The van der Waals surface area contributed by atoms with Gasteiger partial charge in [-0.1, -0.05) is 41.5 Å². The fraction of sp³-hybridized carbons (Fsp3) is 0.704. The molecule has 0 saturated carbocycles. The molecule has 0 bridgehead atoms. The molecule has 0 aliphatic carbocycles. The van der Waals surface area contributed by atoms with E-state index in [2.05, 4.69) is 0 Å². The van der Waals surface area contributed by atoms with Gasteiger partial charge in [-0.05, 0) is 17.8 Å². The molecular weight excluding hydrogens is 476 g/mol. The summed E-state index contributed by atoms with van der Waals surface area (Å²) in [4.78, 5) is 81.3. The summed E-state index contributed by atoms with van der Waals surface area (Å²) >= 11 is 0. The highest BCUT2D eigenvalue weighted by Crippen LogP contribution is 2.27. The van der Waals surface area contributed by atoms with Gasteiger partial charge in [0, 0.05) is 75.6 Å². The van der Waals surface area contributed by atoms with Crippen LogP contribution in [0.2, 0.25) is 0 Å². The highest BCUT2D eigenvalue weighted by molar-refractivity contribution is 6.16. The Morgan fingerprint density at radius 3 is 1.43 bits per heavy atom. The van der Waals surface area contributed by atoms with Gasteiger partial charge >= 0.3 is 0 Å². The van der Waals surface area contributed by atoms with Gasteiger partial charge in [-0.15, -0.1) is 0 Å². The molecule has 0 radical (unpaired) electrons. The fourth-order valence-electron chi connectivity index (χ4n) is 5.14. The zero-order chi connectivity index (χ0) is 27.6. The average molecular weight is 517 g/mol. The third kappa shape index (κ3) is 6.17. The van der Waals surface area contributed by atoms with Crippen molar-refractivity contribution in [1.29, 1.82) is 0 Å². The molecular formula is C27H40N4O6. The zero-order valence-corrected chi connectivity index (χ0v) is 22.9. The van der Waals surface area contributed by atoms with E-state index in [-0.39, 0.29) is 97.5 Å². The average Bonchev–Trinajstić information content (AvgIpc) is 3.38. The van der Waals surface area contributed by atoms with Crippen LogP contribution in [0, 0.1) is 29.6 Å². The maximum atomic E-state index is 12.8. The van der Waals surface area contributed by atoms with Crippen molar-refractivity contribution < 1.29 is 28.8 Å². The lowest BCUT2D eigenvalue weighted by atomic mass is 9.94. The molecule has 3 aliphatic rings. The maximum Gasteiger partial charge on any atom is 0.257 e. The van der Waals surface area contributed by atoms with Crippen molar-refractivity contribution in [3.63, 3.8) is 0 Å². The molecule has 204 valence electrons. The van der Waals surface area contributed by atoms with Gasteiger partial charge in [-0.3, -0.25) is 48.4 Å². The lowest BCUT2D eigenvalue weighted by molar-refractivity contribution is -0.140. The minimum Gasteiger partial charge on any atom is -0.298 e. The molecule has 3 rings (SSSR count). The van der Waals surface area contributed by atoms with Crippen molar-refractivity contribution >= 4 is 35.4 Å². The minimum absolute atomic E-state index is 0.0634. The van der Waals surface area contributed by atoms with Crippen LogP contribution in [-0.2, 0) is 28.8 Å². The first-order valence-electron chi connectivity index (χ1n) is 13.3. The summed E-state index contributed by atoms with van der Waals surface area (Å²) < 4.78 is 0. The van der Waals surface area contributed by atoms with Crippen LogP contribution in [0.3, 0.4) is 0 Å². The number of rotatable bonds is 12. The van der Waals surface area contributed by atoms with E-state index in [1.165, 1.54) is 20.8 Å². The van der Waals surface area contributed by atoms with Crippen LogP contribution < -0.4 is 0 Å². The van der Waals surface area contributed by atoms with Gasteiger partial charge in [-0.25, -0.2) is 0 Å². The summed E-state index contributed by atoms with van der Waals surface area (Å²) in [5.74, 6) is -2.03. The monoisotopic (exact) mass is 516 g/mol. The highest BCUT2D eigenvalue weighted by atomic mass is 16.2. The Hall–Kier alpha value is -2.88. The second-order valence-electron chi connectivity index (χ2n) is 11.3. The third-order valence-corrected chi connectivity index (χ3v) is 7.75. The number of carbonyl (C=O) groups is 6. The molecule has 6 amide bonds. The molecule has 2 fully saturated rings. The van der Waals surface area contributed by atoms with Crippen molar-refractivity contribution in [2.75, 3.05) is 39.3 Å². The molecule has 3 heterocycles. The quantitative estimate of drug-likeness (QED) is 0.359. The second kappa shape index (κ2) is 11.7. The number of nitrogens with zero attached hydrogens (tertiary/aromatic N) is 4. The van der Waals surface area contributed by atoms with Crippen LogP contribution in [0.15, 0.2) is 11.6 Å². The smallest absolute Gasteiger partial charge is 0.257 e. The number of hydrogen-bond acceptors (Lipinski definition) is 7. The number of imide groups is 3. The van der Waals surface area contributed by atoms with Gasteiger partial charge in [-0.2, -0.15) is 0 Å². The lowest BCUT2D eigenvalue weighted by Crippen LogP contribution is -2.46. The van der Waals surface area contributed by atoms with Crippen LogP contribution in [0.4, 0.5) is 0 Å². The van der Waals surface area contributed by atoms with Crippen molar-refractivity contribution in [3.05, 3.63) is 11.6 Å². The third-order valence-electron chi connectivity index (χ3n) is 7.75. The number of amides is 6. The van der Waals surface area contributed by atoms with E-state index < -0.39 is 0 Å². The Bertz CT molecular complexity index is 943. The van der Waals surface area contributed by atoms with E-state index in [9.17, 15) is 28.8 Å². The topological polar surface area (TPSA) is 115 Å². The van der Waals surface area contributed by atoms with E-state index in [0.717, 1.165) is 0 Å². The van der Waals surface area contributed by atoms with Gasteiger partial charge in [0.15, 0.2) is 0 Å². The van der Waals surface area contributed by atoms with Crippen LogP contribution in [0.1, 0.15) is 54.4 Å². The molecule has 0 spiro atoms. The van der Waals surface area contributed by atoms with Crippen LogP contribution >= 0.6 is 0 Å². The second-order valence-corrected chi connectivity index (χ2v) is 11.3. The van der Waals surface area contributed by atoms with Crippen LogP contribution in [-0.4, -0.2) is 94.3 Å². The molecule has 10 nitrogen and oxygen atoms in total. The lowest BCUT2D eigenvalue weighted by Gasteiger charge is -2.28. The molecule has 2 unspecified atom stereocenters. The van der Waals surface area contributed by atoms with E-state index in [1.54, 1.807) is 0 Å². The minimum atomic E-state index is -0.358. The Kier molecular flexibility index (Phi) is 9.05. The Balaban J connectivity index is 1.67. The summed E-state index contributed by atoms with van der Waals surface area (Å²) in [7, 11) is 0. The van der Waals surface area contributed by atoms with Gasteiger partial charge in [0.1, 0.15) is 0 Å². The molecule has 3 aliphatic heterocycles. The number of carbonyl (C=O) groups excluding carboxylic acids is 6. The van der Waals surface area contributed by atoms with Gasteiger partial charge in [0.2, 0.25) is 23.6 Å². The van der Waals surface area contributed by atoms with Crippen LogP contribution in [0.5, 0.6) is 0 Å². The van der Waals surface area contributed by atoms with E-state index in [4.69, 9.17) is 0 Å². The van der Waals surface area contributed by atoms with E-state index >= 15 is 0 Å². The summed E-state index contributed by atoms with van der Waals surface area (Å²) in [6, 6.07) is 0. The first kappa shape index (κ1) is 28.7. The van der Waals surface area contributed by atoms with Gasteiger partial charge in [0.25, 0.3) is 11.8 Å². The summed E-state index contributed by atoms with van der Waals surface area (Å²) in [6.07, 6.45) is 1.77. The molecule has 2 saturated heterocycles. The van der Waals surface area contributed by atoms with Crippen molar-refractivity contribution in [2.45, 2.75) is 54.4 Å². The van der Waals surface area contributed by atoms with E-state index in [1.807, 2.05) is 46.4 Å². The Labute approximate surface area is 219 Å². The summed E-state index contributed by atoms with van der Waals surface area (Å²) in [5.41, 5.74) is 0.470. The maximum absolute atomic E-state index is 12.8. The SMILES string of the molecule is CC(C)C1=CC(=O)N(CCN(CCN2C(=O)CC(C(C)C)C2=O)CCN2C(=O)CC(C(C)C)C2=O)C1=O.